The van der Waals surface area contributed by atoms with Gasteiger partial charge in [0.2, 0.25) is 0 Å². The Balaban J connectivity index is 2.27. The molecule has 0 aliphatic carbocycles. The third-order valence-corrected chi connectivity index (χ3v) is 2.74. The Kier molecular flexibility index (Phi) is 6.19. The quantitative estimate of drug-likeness (QED) is 0.846. The molecule has 0 saturated carbocycles. The van der Waals surface area contributed by atoms with Crippen molar-refractivity contribution >= 4 is 6.09 Å². The summed E-state index contributed by atoms with van der Waals surface area (Å²) in [5.41, 5.74) is 1.29. The molecule has 0 radical (unpaired) electrons. The van der Waals surface area contributed by atoms with Gasteiger partial charge in [-0.05, 0) is 38.5 Å². The molecule has 1 amide bonds. The number of rotatable bonds is 5. The van der Waals surface area contributed by atoms with Crippen LogP contribution < -0.4 is 5.32 Å². The van der Waals surface area contributed by atoms with Gasteiger partial charge in [-0.15, -0.1) is 0 Å². The van der Waals surface area contributed by atoms with Crippen LogP contribution in [0.4, 0.5) is 4.79 Å². The molecule has 114 valence electrons. The Bertz CT molecular complexity index is 498. The number of likely N-dealkylation sites (N-methyl/N-ethyl adjacent to an activating group) is 1. The molecule has 1 aromatic rings. The van der Waals surface area contributed by atoms with Crippen molar-refractivity contribution in [3.8, 4) is 6.07 Å². The second-order valence-corrected chi connectivity index (χ2v) is 5.89. The maximum absolute atomic E-state index is 11.7. The highest BCUT2D eigenvalue weighted by Gasteiger charge is 2.18. The topological polar surface area (TPSA) is 65.4 Å². The largest absolute Gasteiger partial charge is 0.444 e. The summed E-state index contributed by atoms with van der Waals surface area (Å²) in [6, 6.07) is 9.52. The molecule has 1 rings (SSSR count). The average Bonchev–Trinajstić information content (AvgIpc) is 2.42. The predicted molar refractivity (Wildman–Crippen MR) is 81.7 cm³/mol. The summed E-state index contributed by atoms with van der Waals surface area (Å²) in [6.45, 7) is 7.50. The molecular formula is C16H23N3O2. The lowest BCUT2D eigenvalue weighted by Gasteiger charge is -2.24. The Labute approximate surface area is 126 Å². The fraction of sp³-hybridized carbons (Fsp3) is 0.500. The molecule has 5 nitrogen and oxygen atoms in total. The van der Waals surface area contributed by atoms with E-state index < -0.39 is 5.60 Å². The van der Waals surface area contributed by atoms with E-state index >= 15 is 0 Å². The lowest BCUT2D eigenvalue weighted by atomic mass is 10.1. The molecule has 0 spiro atoms. The number of carbonyl (C=O) groups is 1. The second-order valence-electron chi connectivity index (χ2n) is 5.89. The zero-order valence-corrected chi connectivity index (χ0v) is 13.1. The second kappa shape index (κ2) is 7.65. The molecule has 0 heterocycles. The zero-order chi connectivity index (χ0) is 15.9. The maximum atomic E-state index is 11.7. The highest BCUT2D eigenvalue weighted by molar-refractivity contribution is 5.67. The van der Waals surface area contributed by atoms with Crippen molar-refractivity contribution < 1.29 is 9.53 Å². The van der Waals surface area contributed by atoms with Gasteiger partial charge in [0.15, 0.2) is 0 Å². The number of hydrogen-bond donors (Lipinski definition) is 1. The normalized spacial score (nSPS) is 10.8. The van der Waals surface area contributed by atoms with Crippen molar-refractivity contribution in [1.82, 2.24) is 10.2 Å². The summed E-state index contributed by atoms with van der Waals surface area (Å²) in [4.78, 5) is 13.3. The van der Waals surface area contributed by atoms with Gasteiger partial charge in [0.25, 0.3) is 0 Å². The predicted octanol–water partition coefficient (Wildman–Crippen LogP) is 2.51. The molecule has 0 unspecified atom stereocenters. The lowest BCUT2D eigenvalue weighted by molar-refractivity contribution is 0.0300. The van der Waals surface area contributed by atoms with E-state index in [4.69, 9.17) is 10.00 Å². The van der Waals surface area contributed by atoms with Crippen LogP contribution in [0.25, 0.3) is 0 Å². The van der Waals surface area contributed by atoms with Crippen LogP contribution in [0.2, 0.25) is 0 Å². The highest BCUT2D eigenvalue weighted by Crippen LogP contribution is 2.08. The van der Waals surface area contributed by atoms with Crippen LogP contribution in [-0.4, -0.2) is 36.7 Å². The van der Waals surface area contributed by atoms with Crippen LogP contribution in [0.15, 0.2) is 24.3 Å². The molecule has 1 N–H and O–H groups in total. The fourth-order valence-corrected chi connectivity index (χ4v) is 1.61. The summed E-state index contributed by atoms with van der Waals surface area (Å²) < 4.78 is 5.27. The number of nitrogens with one attached hydrogen (secondary N) is 1. The van der Waals surface area contributed by atoms with Gasteiger partial charge in [-0.3, -0.25) is 0 Å². The minimum Gasteiger partial charge on any atom is -0.444 e. The van der Waals surface area contributed by atoms with Crippen molar-refractivity contribution in [3.05, 3.63) is 35.4 Å². The van der Waals surface area contributed by atoms with Gasteiger partial charge in [-0.2, -0.15) is 5.26 Å². The molecule has 0 atom stereocenters. The summed E-state index contributed by atoms with van der Waals surface area (Å²) in [7, 11) is 1.72. The summed E-state index contributed by atoms with van der Waals surface area (Å²) >= 11 is 0. The molecule has 0 fully saturated rings. The molecular weight excluding hydrogens is 266 g/mol. The monoisotopic (exact) mass is 289 g/mol. The number of nitrogens with zero attached hydrogens (tertiary/aromatic N) is 2. The van der Waals surface area contributed by atoms with E-state index in [-0.39, 0.29) is 6.09 Å². The van der Waals surface area contributed by atoms with Crippen LogP contribution in [-0.2, 0) is 11.3 Å². The first-order valence-corrected chi connectivity index (χ1v) is 6.96. The number of benzene rings is 1. The standard InChI is InChI=1S/C16H23N3O2/c1-16(2,3)21-15(20)19(4)10-9-18-12-14-7-5-13(11-17)6-8-14/h5-8,18H,9-10,12H2,1-4H3. The number of nitriles is 1. The molecule has 0 bridgehead atoms. The summed E-state index contributed by atoms with van der Waals surface area (Å²) in [5.74, 6) is 0. The first-order chi connectivity index (χ1) is 9.81. The molecule has 0 saturated heterocycles. The van der Waals surface area contributed by atoms with E-state index in [1.54, 1.807) is 24.1 Å². The van der Waals surface area contributed by atoms with Crippen LogP contribution in [0.3, 0.4) is 0 Å². The van der Waals surface area contributed by atoms with Gasteiger partial charge in [-0.1, -0.05) is 12.1 Å². The van der Waals surface area contributed by atoms with Crippen LogP contribution in [0.1, 0.15) is 31.9 Å². The van der Waals surface area contributed by atoms with Gasteiger partial charge in [0.05, 0.1) is 11.6 Å². The molecule has 5 heteroatoms. The number of hydrogen-bond acceptors (Lipinski definition) is 4. The maximum Gasteiger partial charge on any atom is 0.410 e. The van der Waals surface area contributed by atoms with E-state index in [2.05, 4.69) is 11.4 Å². The highest BCUT2D eigenvalue weighted by atomic mass is 16.6. The Morgan fingerprint density at radius 1 is 1.33 bits per heavy atom. The van der Waals surface area contributed by atoms with Crippen LogP contribution >= 0.6 is 0 Å². The van der Waals surface area contributed by atoms with E-state index in [1.807, 2.05) is 32.9 Å². The van der Waals surface area contributed by atoms with Crippen molar-refractivity contribution in [2.24, 2.45) is 0 Å². The average molecular weight is 289 g/mol. The fourth-order valence-electron chi connectivity index (χ4n) is 1.61. The summed E-state index contributed by atoms with van der Waals surface area (Å²) in [5, 5.41) is 12.0. The summed E-state index contributed by atoms with van der Waals surface area (Å²) in [6.07, 6.45) is -0.317. The van der Waals surface area contributed by atoms with Crippen molar-refractivity contribution in [1.29, 1.82) is 5.26 Å². The molecule has 1 aromatic carbocycles. The van der Waals surface area contributed by atoms with E-state index in [1.165, 1.54) is 0 Å². The molecule has 21 heavy (non-hydrogen) atoms. The van der Waals surface area contributed by atoms with Crippen molar-refractivity contribution in [3.63, 3.8) is 0 Å². The smallest absolute Gasteiger partial charge is 0.410 e. The van der Waals surface area contributed by atoms with Gasteiger partial charge in [-0.25, -0.2) is 4.79 Å². The molecule has 0 aromatic heterocycles. The number of carbonyl (C=O) groups excluding carboxylic acids is 1. The van der Waals surface area contributed by atoms with E-state index in [0.29, 0.717) is 25.2 Å². The van der Waals surface area contributed by atoms with E-state index in [0.717, 1.165) is 5.56 Å². The lowest BCUT2D eigenvalue weighted by Crippen LogP contribution is -2.37. The number of ether oxygens (including phenoxy) is 1. The SMILES string of the molecule is CN(CCNCc1ccc(C#N)cc1)C(=O)OC(C)(C)C. The van der Waals surface area contributed by atoms with Crippen molar-refractivity contribution in [2.45, 2.75) is 32.9 Å². The number of amides is 1. The molecule has 0 aliphatic heterocycles. The first-order valence-electron chi connectivity index (χ1n) is 6.96. The first kappa shape index (κ1) is 17.0. The zero-order valence-electron chi connectivity index (χ0n) is 13.1. The molecule has 0 aliphatic rings. The van der Waals surface area contributed by atoms with Crippen molar-refractivity contribution in [2.75, 3.05) is 20.1 Å². The van der Waals surface area contributed by atoms with Gasteiger partial charge in [0, 0.05) is 26.7 Å². The Hall–Kier alpha value is -2.06. The van der Waals surface area contributed by atoms with Gasteiger partial charge < -0.3 is 15.0 Å². The third-order valence-electron chi connectivity index (χ3n) is 2.74. The van der Waals surface area contributed by atoms with Gasteiger partial charge in [0.1, 0.15) is 5.60 Å². The van der Waals surface area contributed by atoms with E-state index in [9.17, 15) is 4.79 Å². The van der Waals surface area contributed by atoms with Crippen LogP contribution in [0.5, 0.6) is 0 Å². The minimum atomic E-state index is -0.471. The van der Waals surface area contributed by atoms with Crippen LogP contribution in [0, 0.1) is 11.3 Å². The van der Waals surface area contributed by atoms with Gasteiger partial charge >= 0.3 is 6.09 Å². The minimum absolute atomic E-state index is 0.317. The Morgan fingerprint density at radius 2 is 1.95 bits per heavy atom. The Morgan fingerprint density at radius 3 is 2.48 bits per heavy atom. The third kappa shape index (κ3) is 6.77.